The molecule has 0 aliphatic carbocycles. The largest absolute Gasteiger partial charge is 0.295 e. The number of hydrogen-bond acceptors (Lipinski definition) is 4. The summed E-state index contributed by atoms with van der Waals surface area (Å²) in [5.41, 5.74) is 1.62. The molecule has 0 bridgehead atoms. The Kier molecular flexibility index (Phi) is 4.50. The molecule has 23 heavy (non-hydrogen) atoms. The predicted molar refractivity (Wildman–Crippen MR) is 86.7 cm³/mol. The lowest BCUT2D eigenvalue weighted by Crippen LogP contribution is -2.35. The molecule has 7 heteroatoms. The summed E-state index contributed by atoms with van der Waals surface area (Å²) >= 11 is 0. The molecule has 1 aromatic carbocycles. The first kappa shape index (κ1) is 16.1. The zero-order valence-electron chi connectivity index (χ0n) is 13.0. The first-order valence-corrected chi connectivity index (χ1v) is 9.53. The first-order chi connectivity index (χ1) is 11.0. The maximum Gasteiger partial charge on any atom is 0.151 e. The van der Waals surface area contributed by atoms with E-state index in [1.54, 1.807) is 16.9 Å². The topological polar surface area (TPSA) is 55.2 Å². The Balaban J connectivity index is 1.88. The molecule has 1 aromatic heterocycles. The second-order valence-corrected chi connectivity index (χ2v) is 8.07. The van der Waals surface area contributed by atoms with Crippen molar-refractivity contribution in [1.29, 1.82) is 0 Å². The molecule has 1 aliphatic rings. The van der Waals surface area contributed by atoms with Crippen molar-refractivity contribution in [2.24, 2.45) is 0 Å². The van der Waals surface area contributed by atoms with Gasteiger partial charge in [0.05, 0.1) is 17.2 Å². The van der Waals surface area contributed by atoms with Gasteiger partial charge in [-0.1, -0.05) is 6.92 Å². The fourth-order valence-electron chi connectivity index (χ4n) is 3.10. The first-order valence-electron chi connectivity index (χ1n) is 7.71. The van der Waals surface area contributed by atoms with Gasteiger partial charge in [-0.05, 0) is 42.8 Å². The molecule has 0 radical (unpaired) electrons. The number of aromatic nitrogens is 2. The van der Waals surface area contributed by atoms with Gasteiger partial charge in [-0.2, -0.15) is 5.10 Å². The highest BCUT2D eigenvalue weighted by Gasteiger charge is 2.31. The monoisotopic (exact) mass is 337 g/mol. The van der Waals surface area contributed by atoms with Crippen LogP contribution in [0.5, 0.6) is 0 Å². The van der Waals surface area contributed by atoms with Crippen molar-refractivity contribution in [2.45, 2.75) is 25.9 Å². The summed E-state index contributed by atoms with van der Waals surface area (Å²) in [6, 6.07) is 6.43. The van der Waals surface area contributed by atoms with E-state index in [1.807, 2.05) is 19.2 Å². The van der Waals surface area contributed by atoms with Crippen LogP contribution in [-0.4, -0.2) is 47.2 Å². The van der Waals surface area contributed by atoms with Gasteiger partial charge in [0.2, 0.25) is 0 Å². The van der Waals surface area contributed by atoms with Crippen LogP contribution in [0.3, 0.4) is 0 Å². The highest BCUT2D eigenvalue weighted by atomic mass is 32.2. The Hall–Kier alpha value is -1.73. The number of nitrogens with zero attached hydrogens (tertiary/aromatic N) is 3. The van der Waals surface area contributed by atoms with Crippen LogP contribution >= 0.6 is 0 Å². The number of rotatable bonds is 5. The lowest BCUT2D eigenvalue weighted by Gasteiger charge is -2.27. The Morgan fingerprint density at radius 2 is 2.26 bits per heavy atom. The van der Waals surface area contributed by atoms with Crippen molar-refractivity contribution in [3.8, 4) is 5.69 Å². The number of halogens is 1. The Morgan fingerprint density at radius 1 is 1.43 bits per heavy atom. The molecule has 0 saturated carbocycles. The van der Waals surface area contributed by atoms with Crippen LogP contribution in [0.15, 0.2) is 36.7 Å². The molecule has 3 rings (SSSR count). The van der Waals surface area contributed by atoms with E-state index in [0.717, 1.165) is 17.8 Å². The van der Waals surface area contributed by atoms with Crippen molar-refractivity contribution in [1.82, 2.24) is 14.7 Å². The van der Waals surface area contributed by atoms with Crippen molar-refractivity contribution < 1.29 is 12.8 Å². The molecule has 0 unspecified atom stereocenters. The molecular weight excluding hydrogens is 317 g/mol. The van der Waals surface area contributed by atoms with Gasteiger partial charge in [0.15, 0.2) is 9.84 Å². The van der Waals surface area contributed by atoms with E-state index in [0.29, 0.717) is 13.0 Å². The summed E-state index contributed by atoms with van der Waals surface area (Å²) in [6.07, 6.45) is 4.13. The summed E-state index contributed by atoms with van der Waals surface area (Å²) in [6.45, 7) is 3.22. The van der Waals surface area contributed by atoms with Crippen molar-refractivity contribution in [3.05, 3.63) is 48.0 Å². The highest BCUT2D eigenvalue weighted by Crippen LogP contribution is 2.23. The maximum atomic E-state index is 13.7. The Bertz CT molecular complexity index is 775. The number of benzene rings is 1. The van der Waals surface area contributed by atoms with E-state index < -0.39 is 9.84 Å². The quantitative estimate of drug-likeness (QED) is 0.838. The molecule has 1 fully saturated rings. The van der Waals surface area contributed by atoms with Crippen LogP contribution < -0.4 is 0 Å². The zero-order chi connectivity index (χ0) is 16.4. The molecule has 1 saturated heterocycles. The fourth-order valence-corrected chi connectivity index (χ4v) is 4.86. The second-order valence-electron chi connectivity index (χ2n) is 5.84. The molecule has 1 aliphatic heterocycles. The van der Waals surface area contributed by atoms with Crippen LogP contribution in [0, 0.1) is 5.82 Å². The number of hydrogen-bond donors (Lipinski definition) is 0. The van der Waals surface area contributed by atoms with Crippen molar-refractivity contribution in [3.63, 3.8) is 0 Å². The van der Waals surface area contributed by atoms with Gasteiger partial charge >= 0.3 is 0 Å². The summed E-state index contributed by atoms with van der Waals surface area (Å²) < 4.78 is 38.8. The number of sulfone groups is 1. The molecule has 0 amide bonds. The van der Waals surface area contributed by atoms with E-state index >= 15 is 0 Å². The van der Waals surface area contributed by atoms with E-state index in [2.05, 4.69) is 10.00 Å². The maximum absolute atomic E-state index is 13.7. The fraction of sp³-hybridized carbons (Fsp3) is 0.438. The normalized spacial score (nSPS) is 20.2. The van der Waals surface area contributed by atoms with Gasteiger partial charge in [0.1, 0.15) is 5.82 Å². The third-order valence-electron chi connectivity index (χ3n) is 4.30. The Labute approximate surface area is 135 Å². The summed E-state index contributed by atoms with van der Waals surface area (Å²) in [7, 11) is -2.94. The van der Waals surface area contributed by atoms with E-state index in [1.165, 1.54) is 12.1 Å². The zero-order valence-corrected chi connectivity index (χ0v) is 13.8. The highest BCUT2D eigenvalue weighted by molar-refractivity contribution is 7.91. The lowest BCUT2D eigenvalue weighted by atomic mass is 10.1. The standard InChI is InChI=1S/C16H20FN3O2S/c1-2-19(15-6-9-23(21,22)12-15)11-13-10-14(17)4-5-16(13)20-8-3-7-18-20/h3-5,7-8,10,15H,2,6,9,11-12H2,1H3/t15-/m1/s1. The Morgan fingerprint density at radius 3 is 2.87 bits per heavy atom. The SMILES string of the molecule is CCN(Cc1cc(F)ccc1-n1cccn1)[C@@H]1CCS(=O)(=O)C1. The van der Waals surface area contributed by atoms with Crippen LogP contribution in [0.25, 0.3) is 5.69 Å². The molecule has 5 nitrogen and oxygen atoms in total. The van der Waals surface area contributed by atoms with Gasteiger partial charge in [-0.25, -0.2) is 17.5 Å². The molecule has 0 spiro atoms. The summed E-state index contributed by atoms with van der Waals surface area (Å²) in [5, 5.41) is 4.21. The van der Waals surface area contributed by atoms with Gasteiger partial charge in [-0.15, -0.1) is 0 Å². The van der Waals surface area contributed by atoms with Crippen LogP contribution in [0.2, 0.25) is 0 Å². The molecule has 2 heterocycles. The minimum Gasteiger partial charge on any atom is -0.295 e. The average molecular weight is 337 g/mol. The summed E-state index contributed by atoms with van der Waals surface area (Å²) in [5.74, 6) is 0.127. The molecule has 0 N–H and O–H groups in total. The minimum atomic E-state index is -2.94. The van der Waals surface area contributed by atoms with E-state index in [4.69, 9.17) is 0 Å². The van der Waals surface area contributed by atoms with Crippen molar-refractivity contribution in [2.75, 3.05) is 18.1 Å². The van der Waals surface area contributed by atoms with Gasteiger partial charge in [0.25, 0.3) is 0 Å². The minimum absolute atomic E-state index is 0.00117. The average Bonchev–Trinajstić information content (AvgIpc) is 3.14. The van der Waals surface area contributed by atoms with E-state index in [-0.39, 0.29) is 23.4 Å². The van der Waals surface area contributed by atoms with Crippen LogP contribution in [-0.2, 0) is 16.4 Å². The van der Waals surface area contributed by atoms with Crippen molar-refractivity contribution >= 4 is 9.84 Å². The van der Waals surface area contributed by atoms with Crippen LogP contribution in [0.1, 0.15) is 18.9 Å². The van der Waals surface area contributed by atoms with Gasteiger partial charge < -0.3 is 0 Å². The smallest absolute Gasteiger partial charge is 0.151 e. The summed E-state index contributed by atoms with van der Waals surface area (Å²) in [4.78, 5) is 2.10. The van der Waals surface area contributed by atoms with Gasteiger partial charge in [0, 0.05) is 25.0 Å². The molecule has 1 atom stereocenters. The lowest BCUT2D eigenvalue weighted by molar-refractivity contribution is 0.214. The van der Waals surface area contributed by atoms with Crippen LogP contribution in [0.4, 0.5) is 4.39 Å². The third kappa shape index (κ3) is 3.61. The second kappa shape index (κ2) is 6.41. The predicted octanol–water partition coefficient (Wildman–Crippen LogP) is 2.02. The molecule has 2 aromatic rings. The van der Waals surface area contributed by atoms with E-state index in [9.17, 15) is 12.8 Å². The molecular formula is C16H20FN3O2S. The third-order valence-corrected chi connectivity index (χ3v) is 6.05. The molecule has 124 valence electrons. The van der Waals surface area contributed by atoms with Gasteiger partial charge in [-0.3, -0.25) is 4.90 Å².